The van der Waals surface area contributed by atoms with E-state index in [9.17, 15) is 10.1 Å². The van der Waals surface area contributed by atoms with E-state index >= 15 is 0 Å². The molecule has 4 heteroatoms. The Morgan fingerprint density at radius 1 is 1.33 bits per heavy atom. The third-order valence-corrected chi connectivity index (χ3v) is 5.21. The van der Waals surface area contributed by atoms with Crippen molar-refractivity contribution in [2.45, 2.75) is 55.6 Å². The van der Waals surface area contributed by atoms with Gasteiger partial charge in [0.05, 0.1) is 11.3 Å². The molecule has 0 bridgehead atoms. The van der Waals surface area contributed by atoms with Gasteiger partial charge >= 0.3 is 0 Å². The lowest BCUT2D eigenvalue weighted by Gasteiger charge is -2.32. The predicted octanol–water partition coefficient (Wildman–Crippen LogP) is 3.65. The van der Waals surface area contributed by atoms with Gasteiger partial charge in [-0.1, -0.05) is 49.6 Å². The maximum atomic E-state index is 12.3. The van der Waals surface area contributed by atoms with Gasteiger partial charge in [-0.25, -0.2) is 0 Å². The Labute approximate surface area is 131 Å². The van der Waals surface area contributed by atoms with Gasteiger partial charge in [-0.2, -0.15) is 5.26 Å². The fourth-order valence-electron chi connectivity index (χ4n) is 2.63. The average molecular weight is 302 g/mol. The molecule has 3 nitrogen and oxygen atoms in total. The highest BCUT2D eigenvalue weighted by Gasteiger charge is 2.34. The van der Waals surface area contributed by atoms with E-state index in [1.807, 2.05) is 25.1 Å². The molecule has 112 valence electrons. The summed E-state index contributed by atoms with van der Waals surface area (Å²) in [7, 11) is 0. The average Bonchev–Trinajstić information content (AvgIpc) is 2.54. The molecule has 1 saturated carbocycles. The molecule has 0 heterocycles. The molecule has 0 saturated heterocycles. The largest absolute Gasteiger partial charge is 0.337 e. The number of benzene rings is 1. The van der Waals surface area contributed by atoms with E-state index < -0.39 is 5.54 Å². The molecule has 0 spiro atoms. The van der Waals surface area contributed by atoms with Crippen LogP contribution < -0.4 is 5.32 Å². The number of nitrogens with one attached hydrogen (secondary N) is 1. The van der Waals surface area contributed by atoms with Crippen LogP contribution in [0.2, 0.25) is 0 Å². The number of carbonyl (C=O) groups excluding carboxylic acids is 1. The second kappa shape index (κ2) is 7.51. The van der Waals surface area contributed by atoms with Crippen molar-refractivity contribution in [1.29, 1.82) is 5.26 Å². The van der Waals surface area contributed by atoms with E-state index in [0.29, 0.717) is 0 Å². The molecule has 1 aliphatic carbocycles. The van der Waals surface area contributed by atoms with Gasteiger partial charge in [-0.15, -0.1) is 11.8 Å². The lowest BCUT2D eigenvalue weighted by atomic mass is 9.83. The van der Waals surface area contributed by atoms with E-state index in [-0.39, 0.29) is 11.2 Å². The van der Waals surface area contributed by atoms with E-state index in [2.05, 4.69) is 23.5 Å². The number of amides is 1. The highest BCUT2D eigenvalue weighted by atomic mass is 32.2. The highest BCUT2D eigenvalue weighted by Crippen LogP contribution is 2.28. The van der Waals surface area contributed by atoms with E-state index in [4.69, 9.17) is 0 Å². The monoisotopic (exact) mass is 302 g/mol. The number of hydrogen-bond donors (Lipinski definition) is 1. The lowest BCUT2D eigenvalue weighted by Crippen LogP contribution is -2.50. The minimum absolute atomic E-state index is 0.0145. The van der Waals surface area contributed by atoms with Crippen LogP contribution in [-0.2, 0) is 10.5 Å². The fourth-order valence-corrected chi connectivity index (χ4v) is 3.47. The predicted molar refractivity (Wildman–Crippen MR) is 86.8 cm³/mol. The molecule has 0 radical (unpaired) electrons. The number of thioether (sulfide) groups is 1. The van der Waals surface area contributed by atoms with Gasteiger partial charge in [-0.05, 0) is 25.3 Å². The number of carbonyl (C=O) groups is 1. The van der Waals surface area contributed by atoms with E-state index in [1.165, 1.54) is 5.56 Å². The molecule has 21 heavy (non-hydrogen) atoms. The van der Waals surface area contributed by atoms with Crippen molar-refractivity contribution in [2.75, 3.05) is 0 Å². The minimum Gasteiger partial charge on any atom is -0.337 e. The Kier molecular flexibility index (Phi) is 5.69. The van der Waals surface area contributed by atoms with Crippen molar-refractivity contribution in [2.24, 2.45) is 0 Å². The zero-order valence-electron chi connectivity index (χ0n) is 12.5. The Morgan fingerprint density at radius 3 is 2.62 bits per heavy atom. The Balaban J connectivity index is 1.86. The topological polar surface area (TPSA) is 52.9 Å². The van der Waals surface area contributed by atoms with Gasteiger partial charge in [0, 0.05) is 5.75 Å². The summed E-state index contributed by atoms with van der Waals surface area (Å²) in [6, 6.07) is 12.5. The van der Waals surface area contributed by atoms with Crippen LogP contribution in [0.4, 0.5) is 0 Å². The summed E-state index contributed by atoms with van der Waals surface area (Å²) in [5.74, 6) is 0.800. The molecular formula is C17H22N2OS. The van der Waals surface area contributed by atoms with Crippen LogP contribution in [0.5, 0.6) is 0 Å². The molecule has 0 unspecified atom stereocenters. The Morgan fingerprint density at radius 2 is 2.00 bits per heavy atom. The number of hydrogen-bond acceptors (Lipinski definition) is 3. The van der Waals surface area contributed by atoms with Crippen molar-refractivity contribution < 1.29 is 4.79 Å². The van der Waals surface area contributed by atoms with Crippen molar-refractivity contribution in [1.82, 2.24) is 5.32 Å². The molecular weight excluding hydrogens is 280 g/mol. The first-order chi connectivity index (χ1) is 10.2. The molecule has 1 aliphatic rings. The van der Waals surface area contributed by atoms with Crippen LogP contribution in [0.3, 0.4) is 0 Å². The van der Waals surface area contributed by atoms with Gasteiger partial charge in [-0.3, -0.25) is 4.79 Å². The summed E-state index contributed by atoms with van der Waals surface area (Å²) in [4.78, 5) is 12.3. The zero-order chi connectivity index (χ0) is 15.1. The summed E-state index contributed by atoms with van der Waals surface area (Å²) in [6.45, 7) is 1.91. The maximum absolute atomic E-state index is 12.3. The van der Waals surface area contributed by atoms with Crippen LogP contribution >= 0.6 is 11.8 Å². The van der Waals surface area contributed by atoms with Crippen LogP contribution in [0.15, 0.2) is 30.3 Å². The molecule has 0 aliphatic heterocycles. The first kappa shape index (κ1) is 15.9. The molecule has 1 amide bonds. The Hall–Kier alpha value is -1.47. The van der Waals surface area contributed by atoms with Crippen molar-refractivity contribution in [3.8, 4) is 6.07 Å². The molecule has 1 aromatic carbocycles. The van der Waals surface area contributed by atoms with Crippen LogP contribution in [0.1, 0.15) is 44.6 Å². The fraction of sp³-hybridized carbons (Fsp3) is 0.529. The summed E-state index contributed by atoms with van der Waals surface area (Å²) in [6.07, 6.45) is 4.78. The summed E-state index contributed by atoms with van der Waals surface area (Å²) in [5, 5.41) is 12.3. The van der Waals surface area contributed by atoms with Gasteiger partial charge in [0.1, 0.15) is 5.54 Å². The van der Waals surface area contributed by atoms with Crippen LogP contribution in [0.25, 0.3) is 0 Å². The number of nitrogens with zero attached hydrogens (tertiary/aromatic N) is 1. The first-order valence-electron chi connectivity index (χ1n) is 7.54. The van der Waals surface area contributed by atoms with Gasteiger partial charge in [0.15, 0.2) is 0 Å². The molecule has 1 fully saturated rings. The third-order valence-electron chi connectivity index (χ3n) is 4.00. The zero-order valence-corrected chi connectivity index (χ0v) is 13.3. The van der Waals surface area contributed by atoms with Crippen molar-refractivity contribution in [3.05, 3.63) is 35.9 Å². The van der Waals surface area contributed by atoms with Gasteiger partial charge in [0.25, 0.3) is 0 Å². The second-order valence-electron chi connectivity index (χ2n) is 5.68. The van der Waals surface area contributed by atoms with Crippen molar-refractivity contribution >= 4 is 17.7 Å². The van der Waals surface area contributed by atoms with E-state index in [1.54, 1.807) is 11.8 Å². The Bertz CT molecular complexity index is 503. The smallest absolute Gasteiger partial charge is 0.234 e. The van der Waals surface area contributed by atoms with Crippen molar-refractivity contribution in [3.63, 3.8) is 0 Å². The van der Waals surface area contributed by atoms with Gasteiger partial charge < -0.3 is 5.32 Å². The highest BCUT2D eigenvalue weighted by molar-refractivity contribution is 7.99. The maximum Gasteiger partial charge on any atom is 0.234 e. The van der Waals surface area contributed by atoms with Gasteiger partial charge in [0.2, 0.25) is 5.91 Å². The van der Waals surface area contributed by atoms with E-state index in [0.717, 1.165) is 37.9 Å². The summed E-state index contributed by atoms with van der Waals surface area (Å²) >= 11 is 1.61. The second-order valence-corrected chi connectivity index (χ2v) is 7.01. The normalized spacial score (nSPS) is 18.5. The summed E-state index contributed by atoms with van der Waals surface area (Å²) in [5.41, 5.74) is 0.589. The SMILES string of the molecule is C[C@@H](SCc1ccccc1)C(=O)NC1(C#N)CCCCC1. The summed E-state index contributed by atoms with van der Waals surface area (Å²) < 4.78 is 0. The lowest BCUT2D eigenvalue weighted by molar-refractivity contribution is -0.121. The van der Waals surface area contributed by atoms with Crippen LogP contribution in [0, 0.1) is 11.3 Å². The minimum atomic E-state index is -0.628. The molecule has 0 aromatic heterocycles. The molecule has 1 aromatic rings. The quantitative estimate of drug-likeness (QED) is 0.903. The number of rotatable bonds is 5. The molecule has 1 N–H and O–H groups in total. The third kappa shape index (κ3) is 4.50. The standard InChI is InChI=1S/C17H22N2OS/c1-14(21-12-15-8-4-2-5-9-15)16(20)19-17(13-18)10-6-3-7-11-17/h2,4-5,8-9,14H,3,6-7,10-12H2,1H3,(H,19,20)/t14-/m1/s1. The molecule has 2 rings (SSSR count). The number of nitriles is 1. The first-order valence-corrected chi connectivity index (χ1v) is 8.59. The molecule has 1 atom stereocenters. The van der Waals surface area contributed by atoms with Crippen LogP contribution in [-0.4, -0.2) is 16.7 Å².